The number of pyridine rings is 1. The van der Waals surface area contributed by atoms with Crippen LogP contribution in [0.2, 0.25) is 0 Å². The van der Waals surface area contributed by atoms with E-state index in [9.17, 15) is 4.79 Å². The molecule has 0 radical (unpaired) electrons. The van der Waals surface area contributed by atoms with Gasteiger partial charge in [0.25, 0.3) is 5.91 Å². The number of aromatic nitrogens is 1. The summed E-state index contributed by atoms with van der Waals surface area (Å²) in [6.07, 6.45) is 2.69. The highest BCUT2D eigenvalue weighted by molar-refractivity contribution is 9.10. The van der Waals surface area contributed by atoms with E-state index < -0.39 is 6.10 Å². The van der Waals surface area contributed by atoms with Crippen molar-refractivity contribution in [2.45, 2.75) is 19.1 Å². The van der Waals surface area contributed by atoms with Crippen molar-refractivity contribution in [3.63, 3.8) is 0 Å². The summed E-state index contributed by atoms with van der Waals surface area (Å²) in [7, 11) is 0. The van der Waals surface area contributed by atoms with Gasteiger partial charge in [-0.05, 0) is 48.9 Å². The summed E-state index contributed by atoms with van der Waals surface area (Å²) < 4.78 is 6.96. The molecular weight excluding hydrogens is 392 g/mol. The Morgan fingerprint density at radius 3 is 2.27 bits per heavy atom. The highest BCUT2D eigenvalue weighted by Gasteiger charge is 2.24. The third-order valence-corrected chi connectivity index (χ3v) is 4.50. The summed E-state index contributed by atoms with van der Waals surface area (Å²) in [4.78, 5) is 16.9. The minimum atomic E-state index is -0.735. The number of carbonyl (C=O) groups excluding carboxylic acids is 1. The number of halogens is 1. The first-order chi connectivity index (χ1) is 12.6. The van der Waals surface area contributed by atoms with Gasteiger partial charge in [-0.1, -0.05) is 46.3 Å². The molecular formula is C21H19BrN2O2. The van der Waals surface area contributed by atoms with Gasteiger partial charge in [0.1, 0.15) is 5.75 Å². The van der Waals surface area contributed by atoms with Gasteiger partial charge in [0, 0.05) is 22.4 Å². The number of benzene rings is 2. The molecule has 0 aliphatic heterocycles. The molecule has 0 fully saturated rings. The van der Waals surface area contributed by atoms with E-state index in [1.807, 2.05) is 73.7 Å². The predicted molar refractivity (Wildman–Crippen MR) is 105 cm³/mol. The average Bonchev–Trinajstić information content (AvgIpc) is 2.68. The molecule has 5 heteroatoms. The SMILES string of the molecule is CC(NC(=O)C(Oc1ccc(Br)cc1)c1ccccc1)c1ccncc1. The monoisotopic (exact) mass is 410 g/mol. The van der Waals surface area contributed by atoms with Crippen LogP contribution in [-0.2, 0) is 4.79 Å². The van der Waals surface area contributed by atoms with Crippen LogP contribution >= 0.6 is 15.9 Å². The number of nitrogens with zero attached hydrogens (tertiary/aromatic N) is 1. The smallest absolute Gasteiger partial charge is 0.266 e. The van der Waals surface area contributed by atoms with E-state index in [4.69, 9.17) is 4.74 Å². The van der Waals surface area contributed by atoms with Gasteiger partial charge in [-0.2, -0.15) is 0 Å². The fraction of sp³-hybridized carbons (Fsp3) is 0.143. The Balaban J connectivity index is 1.80. The zero-order valence-electron chi connectivity index (χ0n) is 14.3. The predicted octanol–water partition coefficient (Wildman–Crippen LogP) is 4.84. The molecule has 1 heterocycles. The van der Waals surface area contributed by atoms with Crippen molar-refractivity contribution in [1.82, 2.24) is 10.3 Å². The summed E-state index contributed by atoms with van der Waals surface area (Å²) in [6, 6.07) is 20.5. The van der Waals surface area contributed by atoms with E-state index in [2.05, 4.69) is 26.2 Å². The Bertz CT molecular complexity index is 839. The lowest BCUT2D eigenvalue weighted by Crippen LogP contribution is -2.34. The van der Waals surface area contributed by atoms with Crippen LogP contribution < -0.4 is 10.1 Å². The molecule has 0 aliphatic rings. The van der Waals surface area contributed by atoms with Crippen LogP contribution in [0.15, 0.2) is 83.6 Å². The van der Waals surface area contributed by atoms with Crippen molar-refractivity contribution >= 4 is 21.8 Å². The van der Waals surface area contributed by atoms with Crippen LogP contribution in [-0.4, -0.2) is 10.9 Å². The molecule has 2 aromatic carbocycles. The number of nitrogens with one attached hydrogen (secondary N) is 1. The second kappa shape index (κ2) is 8.63. The number of hydrogen-bond acceptors (Lipinski definition) is 3. The lowest BCUT2D eigenvalue weighted by atomic mass is 10.1. The number of amides is 1. The molecule has 1 N–H and O–H groups in total. The molecule has 132 valence electrons. The average molecular weight is 411 g/mol. The van der Waals surface area contributed by atoms with Gasteiger partial charge in [-0.15, -0.1) is 0 Å². The van der Waals surface area contributed by atoms with Crippen LogP contribution in [0.5, 0.6) is 5.75 Å². The fourth-order valence-corrected chi connectivity index (χ4v) is 2.84. The van der Waals surface area contributed by atoms with Gasteiger partial charge in [0.2, 0.25) is 6.10 Å². The Morgan fingerprint density at radius 1 is 0.962 bits per heavy atom. The summed E-state index contributed by atoms with van der Waals surface area (Å²) in [5, 5.41) is 3.03. The molecule has 26 heavy (non-hydrogen) atoms. The molecule has 2 atom stereocenters. The normalized spacial score (nSPS) is 12.8. The van der Waals surface area contributed by atoms with Crippen molar-refractivity contribution in [3.8, 4) is 5.75 Å². The topological polar surface area (TPSA) is 51.2 Å². The largest absolute Gasteiger partial charge is 0.476 e. The maximum absolute atomic E-state index is 12.9. The zero-order valence-corrected chi connectivity index (χ0v) is 15.9. The second-order valence-corrected chi connectivity index (χ2v) is 6.79. The molecule has 3 rings (SSSR count). The molecule has 0 saturated carbocycles. The lowest BCUT2D eigenvalue weighted by molar-refractivity contribution is -0.129. The first-order valence-corrected chi connectivity index (χ1v) is 9.10. The van der Waals surface area contributed by atoms with Crippen LogP contribution in [0.4, 0.5) is 0 Å². The highest BCUT2D eigenvalue weighted by Crippen LogP contribution is 2.25. The molecule has 0 bridgehead atoms. The third kappa shape index (κ3) is 4.70. The number of ether oxygens (including phenoxy) is 1. The van der Waals surface area contributed by atoms with Gasteiger partial charge in [-0.25, -0.2) is 0 Å². The van der Waals surface area contributed by atoms with Crippen molar-refractivity contribution < 1.29 is 9.53 Å². The summed E-state index contributed by atoms with van der Waals surface area (Å²) in [5.74, 6) is 0.442. The Hall–Kier alpha value is -2.66. The quantitative estimate of drug-likeness (QED) is 0.632. The van der Waals surface area contributed by atoms with Gasteiger partial charge in [0.05, 0.1) is 6.04 Å². The number of rotatable bonds is 6. The van der Waals surface area contributed by atoms with Crippen LogP contribution in [0.3, 0.4) is 0 Å². The molecule has 1 aromatic heterocycles. The van der Waals surface area contributed by atoms with Gasteiger partial charge in [-0.3, -0.25) is 9.78 Å². The highest BCUT2D eigenvalue weighted by atomic mass is 79.9. The summed E-state index contributed by atoms with van der Waals surface area (Å²) >= 11 is 3.40. The van der Waals surface area contributed by atoms with E-state index in [1.54, 1.807) is 12.4 Å². The van der Waals surface area contributed by atoms with Crippen molar-refractivity contribution in [2.24, 2.45) is 0 Å². The van der Waals surface area contributed by atoms with Crippen molar-refractivity contribution in [2.75, 3.05) is 0 Å². The Labute approximate surface area is 161 Å². The lowest BCUT2D eigenvalue weighted by Gasteiger charge is -2.22. The minimum absolute atomic E-state index is 0.148. The minimum Gasteiger partial charge on any atom is -0.476 e. The van der Waals surface area contributed by atoms with Gasteiger partial charge >= 0.3 is 0 Å². The summed E-state index contributed by atoms with van der Waals surface area (Å²) in [5.41, 5.74) is 1.79. The fourth-order valence-electron chi connectivity index (χ4n) is 2.57. The van der Waals surface area contributed by atoms with E-state index in [0.717, 1.165) is 15.6 Å². The van der Waals surface area contributed by atoms with Crippen LogP contribution in [0.25, 0.3) is 0 Å². The molecule has 0 saturated heterocycles. The first kappa shape index (κ1) is 18.1. The maximum atomic E-state index is 12.9. The third-order valence-electron chi connectivity index (χ3n) is 3.97. The first-order valence-electron chi connectivity index (χ1n) is 8.31. The zero-order chi connectivity index (χ0) is 18.4. The molecule has 0 aliphatic carbocycles. The number of hydrogen-bond donors (Lipinski definition) is 1. The van der Waals surface area contributed by atoms with Crippen molar-refractivity contribution in [1.29, 1.82) is 0 Å². The van der Waals surface area contributed by atoms with E-state index >= 15 is 0 Å². The molecule has 3 aromatic rings. The maximum Gasteiger partial charge on any atom is 0.266 e. The Morgan fingerprint density at radius 2 is 1.62 bits per heavy atom. The van der Waals surface area contributed by atoms with E-state index in [0.29, 0.717) is 5.75 Å². The molecule has 4 nitrogen and oxygen atoms in total. The van der Waals surface area contributed by atoms with Crippen molar-refractivity contribution in [3.05, 3.63) is 94.7 Å². The van der Waals surface area contributed by atoms with E-state index in [1.165, 1.54) is 0 Å². The second-order valence-electron chi connectivity index (χ2n) is 5.87. The standard InChI is InChI=1S/C21H19BrN2O2/c1-15(16-11-13-23-14-12-16)24-21(25)20(17-5-3-2-4-6-17)26-19-9-7-18(22)8-10-19/h2-15,20H,1H3,(H,24,25). The Kier molecular flexibility index (Phi) is 6.02. The molecule has 0 spiro atoms. The van der Waals surface area contributed by atoms with Gasteiger partial charge < -0.3 is 10.1 Å². The van der Waals surface area contributed by atoms with Crippen LogP contribution in [0.1, 0.15) is 30.2 Å². The number of carbonyl (C=O) groups is 1. The summed E-state index contributed by atoms with van der Waals surface area (Å²) in [6.45, 7) is 1.94. The molecule has 1 amide bonds. The van der Waals surface area contributed by atoms with Crippen LogP contribution in [0, 0.1) is 0 Å². The van der Waals surface area contributed by atoms with E-state index in [-0.39, 0.29) is 11.9 Å². The molecule has 2 unspecified atom stereocenters. The van der Waals surface area contributed by atoms with Gasteiger partial charge in [0.15, 0.2) is 0 Å².